The number of sulfonamides is 1. The summed E-state index contributed by atoms with van der Waals surface area (Å²) in [5.74, 6) is 0.153. The molecule has 0 bridgehead atoms. The highest BCUT2D eigenvalue weighted by Crippen LogP contribution is 2.20. The SMILES string of the molecule is Cc1nn(C)c(N)c1S(=O)(=O)NCCN(C)C. The number of aryl methyl sites for hydroxylation is 2. The highest BCUT2D eigenvalue weighted by molar-refractivity contribution is 7.89. The Hall–Kier alpha value is -1.12. The molecule has 0 aromatic carbocycles. The average molecular weight is 261 g/mol. The van der Waals surface area contributed by atoms with E-state index in [2.05, 4.69) is 9.82 Å². The van der Waals surface area contributed by atoms with Gasteiger partial charge >= 0.3 is 0 Å². The second kappa shape index (κ2) is 5.03. The van der Waals surface area contributed by atoms with E-state index < -0.39 is 10.0 Å². The lowest BCUT2D eigenvalue weighted by atomic mass is 10.5. The summed E-state index contributed by atoms with van der Waals surface area (Å²) in [6, 6.07) is 0. The van der Waals surface area contributed by atoms with Crippen LogP contribution in [0, 0.1) is 6.92 Å². The first-order valence-corrected chi connectivity index (χ1v) is 6.67. The van der Waals surface area contributed by atoms with Gasteiger partial charge in [-0.1, -0.05) is 0 Å². The topological polar surface area (TPSA) is 93.2 Å². The van der Waals surface area contributed by atoms with E-state index >= 15 is 0 Å². The Kier molecular flexibility index (Phi) is 4.12. The summed E-state index contributed by atoms with van der Waals surface area (Å²) in [5, 5.41) is 3.98. The summed E-state index contributed by atoms with van der Waals surface area (Å²) in [6.07, 6.45) is 0. The Balaban J connectivity index is 2.90. The van der Waals surface area contributed by atoms with Crippen molar-refractivity contribution in [2.45, 2.75) is 11.8 Å². The van der Waals surface area contributed by atoms with Gasteiger partial charge in [0.25, 0.3) is 0 Å². The molecule has 1 aromatic heterocycles. The Labute approximate surface area is 102 Å². The monoisotopic (exact) mass is 261 g/mol. The highest BCUT2D eigenvalue weighted by Gasteiger charge is 2.23. The quantitative estimate of drug-likeness (QED) is 0.720. The van der Waals surface area contributed by atoms with Crippen LogP contribution >= 0.6 is 0 Å². The van der Waals surface area contributed by atoms with E-state index in [1.54, 1.807) is 14.0 Å². The molecule has 98 valence electrons. The Bertz CT molecular complexity index is 492. The number of likely N-dealkylation sites (N-methyl/N-ethyl adjacent to an activating group) is 1. The average Bonchev–Trinajstić information content (AvgIpc) is 2.40. The number of aromatic nitrogens is 2. The van der Waals surface area contributed by atoms with Crippen molar-refractivity contribution in [3.8, 4) is 0 Å². The molecule has 0 radical (unpaired) electrons. The molecule has 1 rings (SSSR count). The van der Waals surface area contributed by atoms with Gasteiger partial charge in [0.15, 0.2) is 0 Å². The molecule has 1 aromatic rings. The summed E-state index contributed by atoms with van der Waals surface area (Å²) in [7, 11) is 1.78. The van der Waals surface area contributed by atoms with Crippen LogP contribution in [0.5, 0.6) is 0 Å². The number of nitrogens with zero attached hydrogens (tertiary/aromatic N) is 3. The van der Waals surface area contributed by atoms with Gasteiger partial charge in [-0.2, -0.15) is 5.10 Å². The number of nitrogen functional groups attached to an aromatic ring is 1. The zero-order valence-corrected chi connectivity index (χ0v) is 11.4. The lowest BCUT2D eigenvalue weighted by molar-refractivity contribution is 0.412. The van der Waals surface area contributed by atoms with Crippen molar-refractivity contribution in [2.24, 2.45) is 7.05 Å². The zero-order chi connectivity index (χ0) is 13.2. The van der Waals surface area contributed by atoms with Crippen LogP contribution in [0.25, 0.3) is 0 Å². The van der Waals surface area contributed by atoms with Crippen LogP contribution in [-0.4, -0.2) is 50.3 Å². The standard InChI is InChI=1S/C9H19N5O2S/c1-7-8(9(10)14(4)12-7)17(15,16)11-5-6-13(2)3/h11H,5-6,10H2,1-4H3. The van der Waals surface area contributed by atoms with Gasteiger partial charge in [0.2, 0.25) is 10.0 Å². The number of anilines is 1. The maximum atomic E-state index is 12.0. The van der Waals surface area contributed by atoms with Crippen LogP contribution in [-0.2, 0) is 17.1 Å². The van der Waals surface area contributed by atoms with E-state index in [4.69, 9.17) is 5.73 Å². The molecule has 0 fully saturated rings. The molecule has 0 aliphatic rings. The molecule has 0 atom stereocenters. The zero-order valence-electron chi connectivity index (χ0n) is 10.6. The maximum Gasteiger partial charge on any atom is 0.246 e. The molecule has 8 heteroatoms. The fourth-order valence-electron chi connectivity index (χ4n) is 1.46. The first kappa shape index (κ1) is 13.9. The van der Waals surface area contributed by atoms with Gasteiger partial charge in [0.1, 0.15) is 10.7 Å². The van der Waals surface area contributed by atoms with Gasteiger partial charge in [-0.3, -0.25) is 4.68 Å². The van der Waals surface area contributed by atoms with Gasteiger partial charge in [-0.05, 0) is 21.0 Å². The van der Waals surface area contributed by atoms with E-state index in [9.17, 15) is 8.42 Å². The molecule has 7 nitrogen and oxygen atoms in total. The second-order valence-corrected chi connectivity index (χ2v) is 5.83. The summed E-state index contributed by atoms with van der Waals surface area (Å²) in [5.41, 5.74) is 6.10. The van der Waals surface area contributed by atoms with Crippen molar-refractivity contribution in [1.82, 2.24) is 19.4 Å². The summed E-state index contributed by atoms with van der Waals surface area (Å²) < 4.78 is 27.9. The van der Waals surface area contributed by atoms with Crippen LogP contribution in [0.3, 0.4) is 0 Å². The van der Waals surface area contributed by atoms with Gasteiger partial charge < -0.3 is 10.6 Å². The number of nitrogens with two attached hydrogens (primary N) is 1. The van der Waals surface area contributed by atoms with E-state index in [1.807, 2.05) is 19.0 Å². The number of hydrogen-bond donors (Lipinski definition) is 2. The van der Waals surface area contributed by atoms with Crippen LogP contribution in [0.1, 0.15) is 5.69 Å². The first-order valence-electron chi connectivity index (χ1n) is 5.19. The Morgan fingerprint density at radius 2 is 2.06 bits per heavy atom. The minimum absolute atomic E-state index is 0.0683. The third kappa shape index (κ3) is 3.18. The molecule has 1 heterocycles. The smallest absolute Gasteiger partial charge is 0.246 e. The van der Waals surface area contributed by atoms with Crippen LogP contribution in [0.4, 0.5) is 5.82 Å². The number of rotatable bonds is 5. The van der Waals surface area contributed by atoms with Crippen LogP contribution in [0.15, 0.2) is 4.90 Å². The van der Waals surface area contributed by atoms with Gasteiger partial charge in [-0.15, -0.1) is 0 Å². The molecular weight excluding hydrogens is 242 g/mol. The molecule has 0 saturated heterocycles. The van der Waals surface area contributed by atoms with E-state index in [1.165, 1.54) is 4.68 Å². The normalized spacial score (nSPS) is 12.3. The van der Waals surface area contributed by atoms with Crippen molar-refractivity contribution in [3.63, 3.8) is 0 Å². The lowest BCUT2D eigenvalue weighted by Gasteiger charge is -2.10. The van der Waals surface area contributed by atoms with Gasteiger partial charge in [-0.25, -0.2) is 13.1 Å². The van der Waals surface area contributed by atoms with Crippen LogP contribution < -0.4 is 10.5 Å². The minimum atomic E-state index is -3.58. The van der Waals surface area contributed by atoms with Crippen molar-refractivity contribution in [1.29, 1.82) is 0 Å². The molecule has 0 aliphatic heterocycles. The number of hydrogen-bond acceptors (Lipinski definition) is 5. The highest BCUT2D eigenvalue weighted by atomic mass is 32.2. The van der Waals surface area contributed by atoms with E-state index in [0.717, 1.165) is 0 Å². The molecule has 0 unspecified atom stereocenters. The number of nitrogens with one attached hydrogen (secondary N) is 1. The van der Waals surface area contributed by atoms with E-state index in [-0.39, 0.29) is 10.7 Å². The molecular formula is C9H19N5O2S. The summed E-state index contributed by atoms with van der Waals surface area (Å²) in [4.78, 5) is 1.96. The largest absolute Gasteiger partial charge is 0.383 e. The Morgan fingerprint density at radius 3 is 2.47 bits per heavy atom. The van der Waals surface area contributed by atoms with Crippen molar-refractivity contribution in [3.05, 3.63) is 5.69 Å². The molecule has 17 heavy (non-hydrogen) atoms. The van der Waals surface area contributed by atoms with Crippen molar-refractivity contribution < 1.29 is 8.42 Å². The third-order valence-electron chi connectivity index (χ3n) is 2.33. The molecule has 0 saturated carbocycles. The van der Waals surface area contributed by atoms with Gasteiger partial charge in [0.05, 0.1) is 5.69 Å². The summed E-state index contributed by atoms with van der Waals surface area (Å²) >= 11 is 0. The fraction of sp³-hybridized carbons (Fsp3) is 0.667. The van der Waals surface area contributed by atoms with E-state index in [0.29, 0.717) is 18.8 Å². The predicted octanol–water partition coefficient (Wildman–Crippen LogP) is -0.849. The first-order chi connectivity index (χ1) is 7.75. The summed E-state index contributed by atoms with van der Waals surface area (Å²) in [6.45, 7) is 2.58. The van der Waals surface area contributed by atoms with Crippen molar-refractivity contribution in [2.75, 3.05) is 32.9 Å². The predicted molar refractivity (Wildman–Crippen MR) is 66.1 cm³/mol. The molecule has 3 N–H and O–H groups in total. The fourth-order valence-corrected chi connectivity index (χ4v) is 2.81. The van der Waals surface area contributed by atoms with Gasteiger partial charge in [0, 0.05) is 20.1 Å². The van der Waals surface area contributed by atoms with Crippen molar-refractivity contribution >= 4 is 15.8 Å². The molecule has 0 spiro atoms. The third-order valence-corrected chi connectivity index (χ3v) is 3.96. The van der Waals surface area contributed by atoms with Crippen LogP contribution in [0.2, 0.25) is 0 Å². The lowest BCUT2D eigenvalue weighted by Crippen LogP contribution is -2.32. The molecule has 0 amide bonds. The molecule has 0 aliphatic carbocycles. The Morgan fingerprint density at radius 1 is 1.47 bits per heavy atom. The minimum Gasteiger partial charge on any atom is -0.383 e. The maximum absolute atomic E-state index is 12.0. The second-order valence-electron chi connectivity index (χ2n) is 4.12.